The summed E-state index contributed by atoms with van der Waals surface area (Å²) >= 11 is 0. The molecule has 0 amide bonds. The second-order valence-electron chi connectivity index (χ2n) is 4.01. The number of rotatable bonds is 10. The minimum atomic E-state index is -1.05. The van der Waals surface area contributed by atoms with Crippen LogP contribution in [0.15, 0.2) is 0 Å². The standard InChI is InChI=1S/C12H26NO4/c1-7-9-16-11(3,14-5)13-12(4,15-6)17-10-8-2/h7-10H2,1-6H3. The van der Waals surface area contributed by atoms with Crippen LogP contribution in [0.3, 0.4) is 0 Å². The molecule has 0 aromatic rings. The Morgan fingerprint density at radius 2 is 1.18 bits per heavy atom. The van der Waals surface area contributed by atoms with Crippen LogP contribution in [0.4, 0.5) is 0 Å². The van der Waals surface area contributed by atoms with E-state index in [2.05, 4.69) is 5.32 Å². The molecule has 0 aliphatic rings. The van der Waals surface area contributed by atoms with Gasteiger partial charge in [0, 0.05) is 28.1 Å². The lowest BCUT2D eigenvalue weighted by Gasteiger charge is -2.36. The average molecular weight is 248 g/mol. The van der Waals surface area contributed by atoms with E-state index in [1.807, 2.05) is 13.8 Å². The van der Waals surface area contributed by atoms with Crippen molar-refractivity contribution in [2.45, 2.75) is 52.4 Å². The van der Waals surface area contributed by atoms with E-state index in [9.17, 15) is 0 Å². The fraction of sp³-hybridized carbons (Fsp3) is 1.00. The molecule has 0 fully saturated rings. The molecule has 0 bridgehead atoms. The second-order valence-corrected chi connectivity index (χ2v) is 4.01. The minimum Gasteiger partial charge on any atom is -0.340 e. The molecule has 0 aliphatic heterocycles. The van der Waals surface area contributed by atoms with E-state index in [-0.39, 0.29) is 0 Å². The summed E-state index contributed by atoms with van der Waals surface area (Å²) in [5.74, 6) is -2.09. The molecule has 5 nitrogen and oxygen atoms in total. The fourth-order valence-corrected chi connectivity index (χ4v) is 1.23. The van der Waals surface area contributed by atoms with Crippen LogP contribution in [0.2, 0.25) is 0 Å². The summed E-state index contributed by atoms with van der Waals surface area (Å²) in [6, 6.07) is 0. The van der Waals surface area contributed by atoms with Crippen LogP contribution in [0, 0.1) is 0 Å². The Labute approximate surface area is 105 Å². The van der Waals surface area contributed by atoms with Crippen molar-refractivity contribution in [3.63, 3.8) is 0 Å². The zero-order valence-electron chi connectivity index (χ0n) is 11.9. The van der Waals surface area contributed by atoms with E-state index in [0.29, 0.717) is 13.2 Å². The monoisotopic (exact) mass is 248 g/mol. The maximum atomic E-state index is 5.56. The molecule has 0 aliphatic carbocycles. The molecule has 0 aromatic heterocycles. The normalized spacial score (nSPS) is 18.7. The molecule has 17 heavy (non-hydrogen) atoms. The van der Waals surface area contributed by atoms with Gasteiger partial charge < -0.3 is 18.9 Å². The van der Waals surface area contributed by atoms with Gasteiger partial charge in [0.15, 0.2) is 0 Å². The zero-order valence-corrected chi connectivity index (χ0v) is 11.9. The Kier molecular flexibility index (Phi) is 7.91. The highest BCUT2D eigenvalue weighted by molar-refractivity contribution is 4.67. The quantitative estimate of drug-likeness (QED) is 0.555. The van der Waals surface area contributed by atoms with Gasteiger partial charge in [0.05, 0.1) is 13.2 Å². The first-order valence-corrected chi connectivity index (χ1v) is 6.07. The predicted octanol–water partition coefficient (Wildman–Crippen LogP) is 2.08. The van der Waals surface area contributed by atoms with Crippen molar-refractivity contribution >= 4 is 0 Å². The van der Waals surface area contributed by atoms with Crippen LogP contribution in [0.5, 0.6) is 0 Å². The summed E-state index contributed by atoms with van der Waals surface area (Å²) in [4.78, 5) is 0. The second kappa shape index (κ2) is 8.00. The molecule has 2 unspecified atom stereocenters. The Morgan fingerprint density at radius 3 is 1.41 bits per heavy atom. The summed E-state index contributed by atoms with van der Waals surface area (Å²) in [6.07, 6.45) is 1.79. The van der Waals surface area contributed by atoms with E-state index in [4.69, 9.17) is 18.9 Å². The molecule has 0 aromatic carbocycles. The minimum absolute atomic E-state index is 0.571. The largest absolute Gasteiger partial charge is 0.340 e. The molecule has 0 heterocycles. The van der Waals surface area contributed by atoms with Crippen molar-refractivity contribution in [1.82, 2.24) is 5.32 Å². The van der Waals surface area contributed by atoms with Crippen LogP contribution >= 0.6 is 0 Å². The Bertz CT molecular complexity index is 183. The third kappa shape index (κ3) is 6.33. The molecular formula is C12H26NO4. The predicted molar refractivity (Wildman–Crippen MR) is 65.4 cm³/mol. The number of hydrogen-bond acceptors (Lipinski definition) is 4. The van der Waals surface area contributed by atoms with Gasteiger partial charge in [0.25, 0.3) is 0 Å². The number of methoxy groups -OCH3 is 2. The summed E-state index contributed by atoms with van der Waals surface area (Å²) in [6.45, 7) is 8.69. The van der Waals surface area contributed by atoms with Crippen molar-refractivity contribution in [3.05, 3.63) is 0 Å². The van der Waals surface area contributed by atoms with E-state index in [1.165, 1.54) is 0 Å². The molecule has 5 heteroatoms. The van der Waals surface area contributed by atoms with Crippen molar-refractivity contribution in [2.24, 2.45) is 0 Å². The van der Waals surface area contributed by atoms with Crippen molar-refractivity contribution in [3.8, 4) is 0 Å². The molecule has 0 N–H and O–H groups in total. The summed E-state index contributed by atoms with van der Waals surface area (Å²) < 4.78 is 21.7. The highest BCUT2D eigenvalue weighted by atomic mass is 16.7. The lowest BCUT2D eigenvalue weighted by atomic mass is 10.4. The first-order valence-electron chi connectivity index (χ1n) is 6.07. The average Bonchev–Trinajstić information content (AvgIpc) is 2.34. The molecular weight excluding hydrogens is 222 g/mol. The highest BCUT2D eigenvalue weighted by Gasteiger charge is 2.38. The SMILES string of the molecule is CCCOC(C)([N]C(C)(OC)OCCC)OC. The first-order chi connectivity index (χ1) is 7.95. The first kappa shape index (κ1) is 16.8. The van der Waals surface area contributed by atoms with E-state index in [1.54, 1.807) is 28.1 Å². The van der Waals surface area contributed by atoms with Gasteiger partial charge >= 0.3 is 0 Å². The van der Waals surface area contributed by atoms with E-state index in [0.717, 1.165) is 12.8 Å². The van der Waals surface area contributed by atoms with E-state index < -0.39 is 11.8 Å². The van der Waals surface area contributed by atoms with Gasteiger partial charge in [-0.05, 0) is 12.8 Å². The van der Waals surface area contributed by atoms with Gasteiger partial charge in [-0.25, -0.2) is 0 Å². The molecule has 103 valence electrons. The Morgan fingerprint density at radius 1 is 0.824 bits per heavy atom. The Balaban J connectivity index is 4.47. The maximum Gasteiger partial charge on any atom is 0.244 e. The van der Waals surface area contributed by atoms with Crippen LogP contribution < -0.4 is 5.32 Å². The number of ether oxygens (including phenoxy) is 4. The van der Waals surface area contributed by atoms with Gasteiger partial charge in [-0.1, -0.05) is 13.8 Å². The van der Waals surface area contributed by atoms with Gasteiger partial charge in [-0.3, -0.25) is 0 Å². The molecule has 1 radical (unpaired) electrons. The van der Waals surface area contributed by atoms with Crippen LogP contribution in [0.1, 0.15) is 40.5 Å². The van der Waals surface area contributed by atoms with E-state index >= 15 is 0 Å². The maximum absolute atomic E-state index is 5.56. The third-order valence-electron chi connectivity index (χ3n) is 2.31. The van der Waals surface area contributed by atoms with Gasteiger partial charge in [-0.2, -0.15) is 0 Å². The molecule has 0 spiro atoms. The molecule has 2 atom stereocenters. The fourth-order valence-electron chi connectivity index (χ4n) is 1.23. The van der Waals surface area contributed by atoms with Crippen molar-refractivity contribution < 1.29 is 18.9 Å². The van der Waals surface area contributed by atoms with Crippen LogP contribution in [-0.2, 0) is 18.9 Å². The molecule has 0 saturated carbocycles. The van der Waals surface area contributed by atoms with Gasteiger partial charge in [0.2, 0.25) is 11.8 Å². The van der Waals surface area contributed by atoms with Crippen molar-refractivity contribution in [1.29, 1.82) is 0 Å². The smallest absolute Gasteiger partial charge is 0.244 e. The van der Waals surface area contributed by atoms with Crippen molar-refractivity contribution in [2.75, 3.05) is 27.4 Å². The van der Waals surface area contributed by atoms with Gasteiger partial charge in [-0.15, -0.1) is 5.32 Å². The number of nitrogens with zero attached hydrogens (tertiary/aromatic N) is 1. The van der Waals surface area contributed by atoms with Gasteiger partial charge in [0.1, 0.15) is 0 Å². The summed E-state index contributed by atoms with van der Waals surface area (Å²) in [5, 5.41) is 4.36. The zero-order chi connectivity index (χ0) is 13.4. The molecule has 0 saturated heterocycles. The number of hydrogen-bond donors (Lipinski definition) is 0. The lowest BCUT2D eigenvalue weighted by Crippen LogP contribution is -2.54. The highest BCUT2D eigenvalue weighted by Crippen LogP contribution is 2.19. The topological polar surface area (TPSA) is 51.0 Å². The van der Waals surface area contributed by atoms with Crippen LogP contribution in [0.25, 0.3) is 0 Å². The third-order valence-corrected chi connectivity index (χ3v) is 2.31. The summed E-state index contributed by atoms with van der Waals surface area (Å²) in [7, 11) is 3.10. The summed E-state index contributed by atoms with van der Waals surface area (Å²) in [5.41, 5.74) is 0. The van der Waals surface area contributed by atoms with Crippen LogP contribution in [-0.4, -0.2) is 39.3 Å². The molecule has 0 rings (SSSR count). The lowest BCUT2D eigenvalue weighted by molar-refractivity contribution is -0.323. The Hall–Kier alpha value is -0.200.